The molecule has 0 spiro atoms. The highest BCUT2D eigenvalue weighted by atomic mass is 16.3. The van der Waals surface area contributed by atoms with Crippen LogP contribution < -0.4 is 0 Å². The van der Waals surface area contributed by atoms with Gasteiger partial charge in [-0.1, -0.05) is 115 Å². The van der Waals surface area contributed by atoms with Gasteiger partial charge in [-0.25, -0.2) is 9.97 Å². The smallest absolute Gasteiger partial charge is 0.235 e. The van der Waals surface area contributed by atoms with Gasteiger partial charge in [0.1, 0.15) is 11.2 Å². The molecule has 0 fully saturated rings. The van der Waals surface area contributed by atoms with E-state index < -0.39 is 0 Å². The van der Waals surface area contributed by atoms with Crippen LogP contribution in [0.15, 0.2) is 156 Å². The van der Waals surface area contributed by atoms with Gasteiger partial charge in [0.2, 0.25) is 5.95 Å². The molecule has 52 heavy (non-hydrogen) atoms. The van der Waals surface area contributed by atoms with E-state index in [0.29, 0.717) is 0 Å². The fourth-order valence-electron chi connectivity index (χ4n) is 8.46. The first-order chi connectivity index (χ1) is 25.8. The van der Waals surface area contributed by atoms with Crippen LogP contribution in [0.2, 0.25) is 0 Å². The molecule has 10 aromatic rings. The quantitative estimate of drug-likeness (QED) is 0.188. The summed E-state index contributed by atoms with van der Waals surface area (Å²) in [7, 11) is 0. The van der Waals surface area contributed by atoms with Crippen LogP contribution in [0.1, 0.15) is 24.1 Å². The monoisotopic (exact) mass is 667 g/mol. The molecule has 0 saturated carbocycles. The fraction of sp³-hybridized carbons (Fsp3) is 0.0833. The summed E-state index contributed by atoms with van der Waals surface area (Å²) in [5.41, 5.74) is 13.4. The molecule has 246 valence electrons. The van der Waals surface area contributed by atoms with Gasteiger partial charge in [0.15, 0.2) is 0 Å². The number of aryl methyl sites for hydroxylation is 1. The molecule has 0 amide bonds. The van der Waals surface area contributed by atoms with Crippen LogP contribution in [0.25, 0.3) is 94.0 Å². The molecule has 0 N–H and O–H groups in total. The van der Waals surface area contributed by atoms with Crippen LogP contribution in [0.4, 0.5) is 0 Å². The molecule has 0 unspecified atom stereocenters. The van der Waals surface area contributed by atoms with Crippen molar-refractivity contribution >= 4 is 54.5 Å². The number of para-hydroxylation sites is 1. The largest absolute Gasteiger partial charge is 0.456 e. The van der Waals surface area contributed by atoms with E-state index in [-0.39, 0.29) is 0 Å². The van der Waals surface area contributed by atoms with Gasteiger partial charge in [-0.15, -0.1) is 0 Å². The lowest BCUT2D eigenvalue weighted by Crippen LogP contribution is -2.13. The van der Waals surface area contributed by atoms with Crippen molar-refractivity contribution in [3.63, 3.8) is 0 Å². The summed E-state index contributed by atoms with van der Waals surface area (Å²) in [6.07, 6.45) is 4.28. The summed E-state index contributed by atoms with van der Waals surface area (Å²) < 4.78 is 8.46. The van der Waals surface area contributed by atoms with Crippen molar-refractivity contribution in [1.82, 2.24) is 14.5 Å². The lowest BCUT2D eigenvalue weighted by molar-refractivity contribution is 0.661. The standard InChI is InChI=1S/C48H33N3O/c1-2-10-30(11-3-1)31-18-20-33(21-19-31)47-38-15-6-8-16-41(38)49-48(50-47)51-42-25-23-34(29-40(42)46-36-13-5-4-12-32(36)22-26-43(46)51)35-24-27-45-39(28-35)37-14-7-9-17-44(37)52-45/h1-5,7,9-14,17-29H,6,8,15-16H2. The third-order valence-corrected chi connectivity index (χ3v) is 11.0. The number of benzene rings is 7. The second kappa shape index (κ2) is 11.5. The molecule has 3 heterocycles. The number of rotatable bonds is 4. The highest BCUT2D eigenvalue weighted by molar-refractivity contribution is 6.22. The Bertz CT molecular complexity index is 3010. The van der Waals surface area contributed by atoms with Gasteiger partial charge in [0.05, 0.1) is 16.7 Å². The van der Waals surface area contributed by atoms with E-state index in [1.165, 1.54) is 43.9 Å². The van der Waals surface area contributed by atoms with Crippen LogP contribution in [0, 0.1) is 0 Å². The average molecular weight is 668 g/mol. The zero-order valence-corrected chi connectivity index (χ0v) is 28.5. The molecule has 4 heteroatoms. The maximum atomic E-state index is 6.16. The number of aromatic nitrogens is 3. The molecule has 4 nitrogen and oxygen atoms in total. The van der Waals surface area contributed by atoms with E-state index in [2.05, 4.69) is 144 Å². The Morgan fingerprint density at radius 3 is 2.00 bits per heavy atom. The highest BCUT2D eigenvalue weighted by Crippen LogP contribution is 2.40. The predicted molar refractivity (Wildman–Crippen MR) is 214 cm³/mol. The second-order valence-corrected chi connectivity index (χ2v) is 14.0. The second-order valence-electron chi connectivity index (χ2n) is 14.0. The third-order valence-electron chi connectivity index (χ3n) is 11.0. The van der Waals surface area contributed by atoms with E-state index in [1.807, 2.05) is 12.1 Å². The van der Waals surface area contributed by atoms with Gasteiger partial charge >= 0.3 is 0 Å². The molecular formula is C48H33N3O. The van der Waals surface area contributed by atoms with Gasteiger partial charge < -0.3 is 4.42 Å². The van der Waals surface area contributed by atoms with Crippen LogP contribution in [0.5, 0.6) is 0 Å². The maximum absolute atomic E-state index is 6.16. The number of nitrogens with zero attached hydrogens (tertiary/aromatic N) is 3. The molecule has 0 saturated heterocycles. The third kappa shape index (κ3) is 4.54. The first-order valence-electron chi connectivity index (χ1n) is 18.2. The van der Waals surface area contributed by atoms with Crippen LogP contribution >= 0.6 is 0 Å². The minimum atomic E-state index is 0.733. The molecule has 1 aliphatic carbocycles. The van der Waals surface area contributed by atoms with Crippen LogP contribution in [-0.2, 0) is 12.8 Å². The Labute approximate surface area is 300 Å². The van der Waals surface area contributed by atoms with E-state index in [0.717, 1.165) is 87.0 Å². The summed E-state index contributed by atoms with van der Waals surface area (Å²) >= 11 is 0. The van der Waals surface area contributed by atoms with E-state index >= 15 is 0 Å². The number of hydrogen-bond acceptors (Lipinski definition) is 3. The summed E-state index contributed by atoms with van der Waals surface area (Å²) in [6.45, 7) is 0. The van der Waals surface area contributed by atoms with Crippen molar-refractivity contribution in [2.45, 2.75) is 25.7 Å². The number of furan rings is 1. The molecule has 3 aromatic heterocycles. The van der Waals surface area contributed by atoms with Crippen LogP contribution in [0.3, 0.4) is 0 Å². The first-order valence-corrected chi connectivity index (χ1v) is 18.2. The topological polar surface area (TPSA) is 43.9 Å². The average Bonchev–Trinajstić information content (AvgIpc) is 3.76. The maximum Gasteiger partial charge on any atom is 0.235 e. The van der Waals surface area contributed by atoms with E-state index in [9.17, 15) is 0 Å². The summed E-state index contributed by atoms with van der Waals surface area (Å²) in [4.78, 5) is 10.8. The zero-order chi connectivity index (χ0) is 34.2. The van der Waals surface area contributed by atoms with E-state index in [4.69, 9.17) is 14.4 Å². The molecule has 0 atom stereocenters. The van der Waals surface area contributed by atoms with Gasteiger partial charge in [-0.05, 0) is 95.1 Å². The molecule has 7 aromatic carbocycles. The summed E-state index contributed by atoms with van der Waals surface area (Å²) in [5, 5.41) is 7.13. The van der Waals surface area contributed by atoms with E-state index in [1.54, 1.807) is 0 Å². The zero-order valence-electron chi connectivity index (χ0n) is 28.5. The lowest BCUT2D eigenvalue weighted by atomic mass is 9.92. The highest BCUT2D eigenvalue weighted by Gasteiger charge is 2.23. The van der Waals surface area contributed by atoms with Crippen molar-refractivity contribution in [3.05, 3.63) is 163 Å². The van der Waals surface area contributed by atoms with Gasteiger partial charge in [0.25, 0.3) is 0 Å². The molecular weight excluding hydrogens is 635 g/mol. The summed E-state index contributed by atoms with van der Waals surface area (Å²) in [5.74, 6) is 0.733. The molecule has 1 aliphatic rings. The SMILES string of the molecule is c1ccc(-c2ccc(-c3nc(-n4c5ccc(-c6ccc7oc8ccccc8c7c6)cc5c5c6ccccc6ccc54)nc4c3CCCC4)cc2)cc1. The van der Waals surface area contributed by atoms with Crippen molar-refractivity contribution < 1.29 is 4.42 Å². The Morgan fingerprint density at radius 1 is 0.462 bits per heavy atom. The Kier molecular flexibility index (Phi) is 6.47. The van der Waals surface area contributed by atoms with Gasteiger partial charge in [0, 0.05) is 38.4 Å². The first kappa shape index (κ1) is 29.2. The fourth-order valence-corrected chi connectivity index (χ4v) is 8.46. The molecule has 0 radical (unpaired) electrons. The van der Waals surface area contributed by atoms with Crippen molar-refractivity contribution in [3.8, 4) is 39.5 Å². The lowest BCUT2D eigenvalue weighted by Gasteiger charge is -2.20. The normalized spacial score (nSPS) is 13.1. The van der Waals surface area contributed by atoms with Crippen molar-refractivity contribution in [2.24, 2.45) is 0 Å². The Hall–Kier alpha value is -6.52. The minimum Gasteiger partial charge on any atom is -0.456 e. The van der Waals surface area contributed by atoms with Gasteiger partial charge in [-0.3, -0.25) is 4.57 Å². The Balaban J connectivity index is 1.13. The van der Waals surface area contributed by atoms with Crippen molar-refractivity contribution in [1.29, 1.82) is 0 Å². The minimum absolute atomic E-state index is 0.733. The number of hydrogen-bond donors (Lipinski definition) is 0. The number of fused-ring (bicyclic) bond motifs is 9. The molecule has 11 rings (SSSR count). The molecule has 0 bridgehead atoms. The predicted octanol–water partition coefficient (Wildman–Crippen LogP) is 12.5. The Morgan fingerprint density at radius 2 is 1.12 bits per heavy atom. The van der Waals surface area contributed by atoms with Crippen LogP contribution in [-0.4, -0.2) is 14.5 Å². The summed E-state index contributed by atoms with van der Waals surface area (Å²) in [6, 6.07) is 54.3. The van der Waals surface area contributed by atoms with Crippen molar-refractivity contribution in [2.75, 3.05) is 0 Å². The molecule has 0 aliphatic heterocycles. The van der Waals surface area contributed by atoms with Gasteiger partial charge in [-0.2, -0.15) is 0 Å².